The number of anilines is 1. The van der Waals surface area contributed by atoms with Crippen molar-refractivity contribution in [2.45, 2.75) is 25.6 Å². The van der Waals surface area contributed by atoms with Gasteiger partial charge in [-0.3, -0.25) is 0 Å². The fourth-order valence-electron chi connectivity index (χ4n) is 3.01. The molecule has 0 spiro atoms. The van der Waals surface area contributed by atoms with Crippen LogP contribution in [0.25, 0.3) is 0 Å². The van der Waals surface area contributed by atoms with E-state index < -0.39 is 15.7 Å². The quantitative estimate of drug-likeness (QED) is 0.201. The van der Waals surface area contributed by atoms with Crippen molar-refractivity contribution >= 4 is 45.5 Å². The molecule has 0 bridgehead atoms. The van der Waals surface area contributed by atoms with Gasteiger partial charge >= 0.3 is 0 Å². The summed E-state index contributed by atoms with van der Waals surface area (Å²) in [6.07, 6.45) is 2.08. The number of nitrogens with one attached hydrogen (secondary N) is 2. The van der Waals surface area contributed by atoms with Gasteiger partial charge in [-0.1, -0.05) is 24.3 Å². The Bertz CT molecular complexity index is 940. The molecule has 0 fully saturated rings. The van der Waals surface area contributed by atoms with Crippen molar-refractivity contribution in [1.82, 2.24) is 10.6 Å². The van der Waals surface area contributed by atoms with Gasteiger partial charge < -0.3 is 15.5 Å². The maximum Gasteiger partial charge on any atom is 0.191 e. The molecule has 2 aromatic carbocycles. The molecule has 0 unspecified atom stereocenters. The second-order valence-electron chi connectivity index (χ2n) is 7.22. The number of rotatable bonds is 10. The fourth-order valence-corrected chi connectivity index (χ4v) is 3.85. The highest BCUT2D eigenvalue weighted by Gasteiger charge is 2.11. The Labute approximate surface area is 202 Å². The number of benzene rings is 2. The SMILES string of the molecule is CCNC(=NCc1cc(F)ccc1CS(C)(=O)=O)NCCCN(C)c1ccccc1.I. The molecule has 0 radical (unpaired) electrons. The van der Waals surface area contributed by atoms with E-state index >= 15 is 0 Å². The number of para-hydroxylation sites is 1. The van der Waals surface area contributed by atoms with Crippen LogP contribution >= 0.6 is 24.0 Å². The summed E-state index contributed by atoms with van der Waals surface area (Å²) in [7, 11) is -1.16. The van der Waals surface area contributed by atoms with Crippen LogP contribution in [-0.4, -0.2) is 47.3 Å². The summed E-state index contributed by atoms with van der Waals surface area (Å²) in [4.78, 5) is 6.70. The lowest BCUT2D eigenvalue weighted by molar-refractivity contribution is 0.600. The molecule has 6 nitrogen and oxygen atoms in total. The van der Waals surface area contributed by atoms with Gasteiger partial charge in [0.05, 0.1) is 12.3 Å². The van der Waals surface area contributed by atoms with Crippen molar-refractivity contribution in [3.8, 4) is 0 Å². The van der Waals surface area contributed by atoms with Crippen molar-refractivity contribution in [2.24, 2.45) is 4.99 Å². The molecule has 0 aliphatic carbocycles. The molecule has 0 heterocycles. The molecule has 2 N–H and O–H groups in total. The highest BCUT2D eigenvalue weighted by atomic mass is 127. The summed E-state index contributed by atoms with van der Waals surface area (Å²) < 4.78 is 37.0. The normalized spacial score (nSPS) is 11.5. The van der Waals surface area contributed by atoms with E-state index in [2.05, 4.69) is 39.7 Å². The molecule has 31 heavy (non-hydrogen) atoms. The van der Waals surface area contributed by atoms with Crippen LogP contribution in [0.5, 0.6) is 0 Å². The fraction of sp³-hybridized carbons (Fsp3) is 0.409. The zero-order chi connectivity index (χ0) is 22.0. The average Bonchev–Trinajstić information content (AvgIpc) is 2.70. The third-order valence-corrected chi connectivity index (χ3v) is 5.33. The second kappa shape index (κ2) is 13.5. The van der Waals surface area contributed by atoms with E-state index in [1.165, 1.54) is 30.1 Å². The van der Waals surface area contributed by atoms with E-state index in [1.54, 1.807) is 0 Å². The molecular formula is C22H32FIN4O2S. The summed E-state index contributed by atoms with van der Waals surface area (Å²) in [5.74, 6) is 0.0854. The van der Waals surface area contributed by atoms with Crippen LogP contribution in [0.4, 0.5) is 10.1 Å². The number of guanidine groups is 1. The van der Waals surface area contributed by atoms with Crippen LogP contribution in [0.15, 0.2) is 53.5 Å². The first-order valence-electron chi connectivity index (χ1n) is 10.0. The minimum Gasteiger partial charge on any atom is -0.375 e. The number of halogens is 2. The van der Waals surface area contributed by atoms with Gasteiger partial charge in [0.25, 0.3) is 0 Å². The number of sulfone groups is 1. The minimum absolute atomic E-state index is 0. The van der Waals surface area contributed by atoms with E-state index in [4.69, 9.17) is 0 Å². The van der Waals surface area contributed by atoms with E-state index in [0.29, 0.717) is 23.6 Å². The zero-order valence-electron chi connectivity index (χ0n) is 18.3. The van der Waals surface area contributed by atoms with E-state index in [-0.39, 0.29) is 36.3 Å². The maximum atomic E-state index is 13.7. The number of hydrogen-bond acceptors (Lipinski definition) is 4. The first kappa shape index (κ1) is 27.2. The summed E-state index contributed by atoms with van der Waals surface area (Å²) >= 11 is 0. The lowest BCUT2D eigenvalue weighted by Crippen LogP contribution is -2.38. The van der Waals surface area contributed by atoms with Crippen molar-refractivity contribution in [1.29, 1.82) is 0 Å². The van der Waals surface area contributed by atoms with Gasteiger partial charge in [-0.15, -0.1) is 24.0 Å². The lowest BCUT2D eigenvalue weighted by atomic mass is 10.1. The van der Waals surface area contributed by atoms with Gasteiger partial charge in [0, 0.05) is 38.6 Å². The van der Waals surface area contributed by atoms with Crippen molar-refractivity contribution in [3.63, 3.8) is 0 Å². The molecule has 0 saturated heterocycles. The monoisotopic (exact) mass is 562 g/mol. The minimum atomic E-state index is -3.22. The molecule has 0 aromatic heterocycles. The molecule has 0 atom stereocenters. The van der Waals surface area contributed by atoms with Crippen molar-refractivity contribution < 1.29 is 12.8 Å². The topological polar surface area (TPSA) is 73.8 Å². The third-order valence-electron chi connectivity index (χ3n) is 4.50. The Balaban J connectivity index is 0.00000480. The van der Waals surface area contributed by atoms with Gasteiger partial charge in [-0.05, 0) is 48.7 Å². The molecule has 172 valence electrons. The van der Waals surface area contributed by atoms with Gasteiger partial charge in [0.15, 0.2) is 15.8 Å². The number of nitrogens with zero attached hydrogens (tertiary/aromatic N) is 2. The molecule has 0 aliphatic heterocycles. The first-order chi connectivity index (χ1) is 14.3. The molecule has 2 aromatic rings. The van der Waals surface area contributed by atoms with Crippen LogP contribution < -0.4 is 15.5 Å². The van der Waals surface area contributed by atoms with Crippen LogP contribution in [0.1, 0.15) is 24.5 Å². The van der Waals surface area contributed by atoms with Crippen molar-refractivity contribution in [2.75, 3.05) is 37.8 Å². The molecule has 2 rings (SSSR count). The Kier molecular flexibility index (Phi) is 11.8. The second-order valence-corrected chi connectivity index (χ2v) is 9.36. The van der Waals surface area contributed by atoms with E-state index in [9.17, 15) is 12.8 Å². The zero-order valence-corrected chi connectivity index (χ0v) is 21.4. The summed E-state index contributed by atoms with van der Waals surface area (Å²) in [6, 6.07) is 14.3. The van der Waals surface area contributed by atoms with E-state index in [1.807, 2.05) is 25.1 Å². The van der Waals surface area contributed by atoms with Gasteiger partial charge in [0.2, 0.25) is 0 Å². The average molecular weight is 562 g/mol. The smallest absolute Gasteiger partial charge is 0.191 e. The van der Waals surface area contributed by atoms with Gasteiger partial charge in [-0.2, -0.15) is 0 Å². The maximum absolute atomic E-state index is 13.7. The van der Waals surface area contributed by atoms with Gasteiger partial charge in [-0.25, -0.2) is 17.8 Å². The van der Waals surface area contributed by atoms with Crippen LogP contribution in [0.2, 0.25) is 0 Å². The van der Waals surface area contributed by atoms with Gasteiger partial charge in [0.1, 0.15) is 5.82 Å². The lowest BCUT2D eigenvalue weighted by Gasteiger charge is -2.19. The first-order valence-corrected chi connectivity index (χ1v) is 12.1. The molecular weight excluding hydrogens is 530 g/mol. The van der Waals surface area contributed by atoms with Crippen molar-refractivity contribution in [3.05, 3.63) is 65.5 Å². The van der Waals surface area contributed by atoms with Crippen LogP contribution in [0.3, 0.4) is 0 Å². The Morgan fingerprint density at radius 1 is 1.10 bits per heavy atom. The molecule has 9 heteroatoms. The summed E-state index contributed by atoms with van der Waals surface area (Å²) in [5, 5.41) is 6.45. The largest absolute Gasteiger partial charge is 0.375 e. The Hall–Kier alpha value is -1.88. The molecule has 0 amide bonds. The predicted molar refractivity (Wildman–Crippen MR) is 138 cm³/mol. The van der Waals surface area contributed by atoms with E-state index in [0.717, 1.165) is 19.5 Å². The number of hydrogen-bond donors (Lipinski definition) is 2. The molecule has 0 saturated carbocycles. The summed E-state index contributed by atoms with van der Waals surface area (Å²) in [5.41, 5.74) is 2.31. The summed E-state index contributed by atoms with van der Waals surface area (Å²) in [6.45, 7) is 4.47. The standard InChI is InChI=1S/C22H31FN4O2S.HI/c1-4-24-22(25-13-8-14-27(2)21-9-6-5-7-10-21)26-16-19-15-20(23)12-11-18(19)17-30(3,28)29;/h5-7,9-12,15H,4,8,13-14,16-17H2,1-3H3,(H2,24,25,26);1H. The highest BCUT2D eigenvalue weighted by molar-refractivity contribution is 14.0. The molecule has 0 aliphatic rings. The Morgan fingerprint density at radius 2 is 1.81 bits per heavy atom. The van der Waals surface area contributed by atoms with Crippen LogP contribution in [-0.2, 0) is 22.1 Å². The third kappa shape index (κ3) is 10.3. The number of aliphatic imine (C=N–C) groups is 1. The van der Waals surface area contributed by atoms with Crippen LogP contribution in [0, 0.1) is 5.82 Å². The Morgan fingerprint density at radius 3 is 2.45 bits per heavy atom. The highest BCUT2D eigenvalue weighted by Crippen LogP contribution is 2.15. The predicted octanol–water partition coefficient (Wildman–Crippen LogP) is 3.57.